The number of urea groups is 1. The third-order valence-corrected chi connectivity index (χ3v) is 4.22. The molecule has 0 aliphatic carbocycles. The number of rotatable bonds is 4. The monoisotopic (exact) mass is 376 g/mol. The summed E-state index contributed by atoms with van der Waals surface area (Å²) in [5.74, 6) is -2.69. The quantitative estimate of drug-likeness (QED) is 0.466. The number of anilines is 1. The van der Waals surface area contributed by atoms with E-state index in [1.807, 2.05) is 0 Å². The van der Waals surface area contributed by atoms with Gasteiger partial charge in [-0.05, 0) is 12.1 Å². The van der Waals surface area contributed by atoms with Crippen LogP contribution < -0.4 is 4.90 Å². The van der Waals surface area contributed by atoms with E-state index in [-0.39, 0.29) is 15.7 Å². The van der Waals surface area contributed by atoms with Gasteiger partial charge in [0, 0.05) is 5.56 Å². The number of carbonyl (C=O) groups is 4. The zero-order valence-electron chi connectivity index (χ0n) is 12.6. The molecule has 0 radical (unpaired) electrons. The van der Waals surface area contributed by atoms with Gasteiger partial charge in [0.25, 0.3) is 0 Å². The number of amides is 4. The van der Waals surface area contributed by atoms with E-state index in [4.69, 9.17) is 23.2 Å². The molecule has 3 rings (SSSR count). The minimum atomic E-state index is -1.11. The highest BCUT2D eigenvalue weighted by Crippen LogP contribution is 2.36. The van der Waals surface area contributed by atoms with Crippen molar-refractivity contribution in [2.45, 2.75) is 0 Å². The summed E-state index contributed by atoms with van der Waals surface area (Å²) in [5.41, 5.74) is 0.244. The zero-order chi connectivity index (χ0) is 18.1. The van der Waals surface area contributed by atoms with Gasteiger partial charge in [0.15, 0.2) is 5.78 Å². The van der Waals surface area contributed by atoms with Gasteiger partial charge >= 0.3 is 17.8 Å². The van der Waals surface area contributed by atoms with Gasteiger partial charge in [-0.25, -0.2) is 14.6 Å². The molecule has 0 spiro atoms. The molecule has 8 heteroatoms. The fourth-order valence-electron chi connectivity index (χ4n) is 2.40. The summed E-state index contributed by atoms with van der Waals surface area (Å²) in [7, 11) is 0. The van der Waals surface area contributed by atoms with E-state index in [0.29, 0.717) is 15.4 Å². The van der Waals surface area contributed by atoms with Crippen molar-refractivity contribution < 1.29 is 19.2 Å². The number of Topliss-reactive ketones (excluding diaryl/α,β-unsaturated/α-hetero) is 1. The Morgan fingerprint density at radius 3 is 2.04 bits per heavy atom. The van der Waals surface area contributed by atoms with Crippen molar-refractivity contribution in [1.82, 2.24) is 4.90 Å². The molecule has 0 aromatic heterocycles. The Bertz CT molecular complexity index is 879. The molecule has 1 aliphatic heterocycles. The summed E-state index contributed by atoms with van der Waals surface area (Å²) in [6.45, 7) is -0.550. The molecule has 1 saturated heterocycles. The second-order valence-electron chi connectivity index (χ2n) is 5.17. The Morgan fingerprint density at radius 2 is 1.44 bits per heavy atom. The first-order chi connectivity index (χ1) is 11.9. The summed E-state index contributed by atoms with van der Waals surface area (Å²) in [5, 5.41) is 0.0801. The van der Waals surface area contributed by atoms with Crippen LogP contribution in [0.25, 0.3) is 0 Å². The molecule has 0 unspecified atom stereocenters. The second-order valence-corrected chi connectivity index (χ2v) is 5.99. The van der Waals surface area contributed by atoms with E-state index in [2.05, 4.69) is 0 Å². The van der Waals surface area contributed by atoms with Gasteiger partial charge in [0.2, 0.25) is 0 Å². The lowest BCUT2D eigenvalue weighted by molar-refractivity contribution is -0.139. The number of halogens is 2. The maximum absolute atomic E-state index is 12.5. The summed E-state index contributed by atoms with van der Waals surface area (Å²) in [6.07, 6.45) is 0. The van der Waals surface area contributed by atoms with Crippen LogP contribution in [0.5, 0.6) is 0 Å². The average Bonchev–Trinajstić information content (AvgIpc) is 2.80. The Morgan fingerprint density at radius 1 is 0.840 bits per heavy atom. The number of hydrogen-bond donors (Lipinski definition) is 0. The van der Waals surface area contributed by atoms with Gasteiger partial charge in [0.1, 0.15) is 0 Å². The molecule has 25 heavy (non-hydrogen) atoms. The highest BCUT2D eigenvalue weighted by molar-refractivity contribution is 6.55. The van der Waals surface area contributed by atoms with Crippen LogP contribution in [-0.4, -0.2) is 35.1 Å². The smallest absolute Gasteiger partial charge is 0.292 e. The third-order valence-electron chi connectivity index (χ3n) is 3.61. The lowest BCUT2D eigenvalue weighted by Crippen LogP contribution is -2.37. The van der Waals surface area contributed by atoms with Crippen LogP contribution in [0.1, 0.15) is 10.4 Å². The lowest BCUT2D eigenvalue weighted by atomic mass is 10.1. The number of hydrogen-bond acceptors (Lipinski definition) is 4. The molecule has 6 nitrogen and oxygen atoms in total. The van der Waals surface area contributed by atoms with Gasteiger partial charge in [-0.1, -0.05) is 59.6 Å². The third kappa shape index (κ3) is 3.01. The highest BCUT2D eigenvalue weighted by Gasteiger charge is 2.47. The predicted molar refractivity (Wildman–Crippen MR) is 91.8 cm³/mol. The molecule has 0 bridgehead atoms. The maximum Gasteiger partial charge on any atom is 0.339 e. The minimum Gasteiger partial charge on any atom is -0.292 e. The second kappa shape index (κ2) is 6.66. The molecule has 126 valence electrons. The number of benzene rings is 2. The van der Waals surface area contributed by atoms with E-state index in [1.165, 1.54) is 18.2 Å². The van der Waals surface area contributed by atoms with Crippen LogP contribution in [0.3, 0.4) is 0 Å². The summed E-state index contributed by atoms with van der Waals surface area (Å²) < 4.78 is 0. The number of nitrogens with zero attached hydrogens (tertiary/aromatic N) is 2. The Labute approximate surface area is 152 Å². The van der Waals surface area contributed by atoms with Crippen molar-refractivity contribution in [2.24, 2.45) is 0 Å². The van der Waals surface area contributed by atoms with Crippen molar-refractivity contribution in [3.05, 3.63) is 64.1 Å². The first kappa shape index (κ1) is 17.1. The van der Waals surface area contributed by atoms with Crippen LogP contribution in [0, 0.1) is 0 Å². The first-order valence-electron chi connectivity index (χ1n) is 7.14. The van der Waals surface area contributed by atoms with Crippen LogP contribution >= 0.6 is 23.2 Å². The van der Waals surface area contributed by atoms with Gasteiger partial charge in [-0.3, -0.25) is 14.4 Å². The minimum absolute atomic E-state index is 0.0400. The molecular formula is C17H10Cl2N2O4. The Hall–Kier alpha value is -2.70. The summed E-state index contributed by atoms with van der Waals surface area (Å²) in [4.78, 5) is 50.4. The molecule has 0 N–H and O–H groups in total. The fraction of sp³-hybridized carbons (Fsp3) is 0.0588. The standard InChI is InChI=1S/C17H10Cl2N2O4/c18-11-7-4-8-12(19)14(11)21-16(24)15(23)20(17(21)25)9-13(22)10-5-2-1-3-6-10/h1-8H,9H2. The van der Waals surface area contributed by atoms with E-state index >= 15 is 0 Å². The van der Waals surface area contributed by atoms with Crippen LogP contribution in [0.15, 0.2) is 48.5 Å². The largest absolute Gasteiger partial charge is 0.339 e. The predicted octanol–water partition coefficient (Wildman–Crippen LogP) is 3.17. The van der Waals surface area contributed by atoms with Crippen LogP contribution in [0.2, 0.25) is 10.0 Å². The zero-order valence-corrected chi connectivity index (χ0v) is 14.1. The maximum atomic E-state index is 12.5. The van der Waals surface area contributed by atoms with Gasteiger partial charge < -0.3 is 0 Å². The van der Waals surface area contributed by atoms with Crippen LogP contribution in [-0.2, 0) is 9.59 Å². The van der Waals surface area contributed by atoms with Crippen molar-refractivity contribution in [1.29, 1.82) is 0 Å². The highest BCUT2D eigenvalue weighted by atomic mass is 35.5. The topological polar surface area (TPSA) is 74.8 Å². The fourth-order valence-corrected chi connectivity index (χ4v) is 2.97. The summed E-state index contributed by atoms with van der Waals surface area (Å²) in [6, 6.07) is 11.6. The molecule has 1 heterocycles. The molecule has 0 saturated carbocycles. The molecule has 2 aromatic carbocycles. The number of imide groups is 2. The Kier molecular flexibility index (Phi) is 4.57. The van der Waals surface area contributed by atoms with Crippen LogP contribution in [0.4, 0.5) is 10.5 Å². The molecular weight excluding hydrogens is 367 g/mol. The molecule has 2 aromatic rings. The number of ketones is 1. The molecule has 0 atom stereocenters. The van der Waals surface area contributed by atoms with Gasteiger partial charge in [-0.2, -0.15) is 0 Å². The number of para-hydroxylation sites is 1. The SMILES string of the molecule is O=C(CN1C(=O)C(=O)N(c2c(Cl)cccc2Cl)C1=O)c1ccccc1. The van der Waals surface area contributed by atoms with E-state index in [9.17, 15) is 19.2 Å². The van der Waals surface area contributed by atoms with Gasteiger partial charge in [-0.15, -0.1) is 0 Å². The first-order valence-corrected chi connectivity index (χ1v) is 7.89. The van der Waals surface area contributed by atoms with E-state index < -0.39 is 30.2 Å². The van der Waals surface area contributed by atoms with E-state index in [0.717, 1.165) is 0 Å². The van der Waals surface area contributed by atoms with Gasteiger partial charge in [0.05, 0.1) is 22.3 Å². The van der Waals surface area contributed by atoms with E-state index in [1.54, 1.807) is 30.3 Å². The summed E-state index contributed by atoms with van der Waals surface area (Å²) >= 11 is 12.0. The normalized spacial score (nSPS) is 14.4. The van der Waals surface area contributed by atoms with Crippen molar-refractivity contribution in [2.75, 3.05) is 11.4 Å². The molecule has 4 amide bonds. The number of carbonyl (C=O) groups excluding carboxylic acids is 4. The Balaban J connectivity index is 1.91. The lowest BCUT2D eigenvalue weighted by Gasteiger charge is -2.17. The van der Waals surface area contributed by atoms with Crippen molar-refractivity contribution in [3.63, 3.8) is 0 Å². The molecule has 1 aliphatic rings. The average molecular weight is 377 g/mol. The molecule has 1 fully saturated rings. The van der Waals surface area contributed by atoms with Crippen molar-refractivity contribution in [3.8, 4) is 0 Å². The van der Waals surface area contributed by atoms with Crippen molar-refractivity contribution >= 4 is 52.5 Å².